The van der Waals surface area contributed by atoms with Crippen molar-refractivity contribution in [3.8, 4) is 0 Å². The molecule has 16 heavy (non-hydrogen) atoms. The lowest BCUT2D eigenvalue weighted by Gasteiger charge is -2.34. The molecule has 1 aromatic rings. The zero-order valence-corrected chi connectivity index (χ0v) is 9.80. The van der Waals surface area contributed by atoms with Crippen LogP contribution in [0.15, 0.2) is 30.3 Å². The van der Waals surface area contributed by atoms with E-state index in [-0.39, 0.29) is 12.1 Å². The monoisotopic (exact) mass is 220 g/mol. The van der Waals surface area contributed by atoms with Gasteiger partial charge in [-0.25, -0.2) is 0 Å². The summed E-state index contributed by atoms with van der Waals surface area (Å²) in [5.74, 6) is 0. The topological polar surface area (TPSA) is 38.5 Å². The molecule has 0 aliphatic carbocycles. The van der Waals surface area contributed by atoms with Gasteiger partial charge in [-0.2, -0.15) is 0 Å². The largest absolute Gasteiger partial charge is 0.374 e. The Morgan fingerprint density at radius 2 is 2.19 bits per heavy atom. The molecule has 0 bridgehead atoms. The van der Waals surface area contributed by atoms with Crippen LogP contribution in [0.4, 0.5) is 0 Å². The van der Waals surface area contributed by atoms with Gasteiger partial charge in [0, 0.05) is 25.7 Å². The van der Waals surface area contributed by atoms with Crippen LogP contribution >= 0.6 is 0 Å². The molecule has 0 radical (unpaired) electrons. The molecule has 1 heterocycles. The summed E-state index contributed by atoms with van der Waals surface area (Å²) >= 11 is 0. The van der Waals surface area contributed by atoms with Gasteiger partial charge in [0.1, 0.15) is 0 Å². The maximum absolute atomic E-state index is 5.87. The van der Waals surface area contributed by atoms with E-state index in [0.717, 1.165) is 26.2 Å². The SMILES string of the molecule is C[C@@H](N)[C@H]1CN(Cc2ccccc2)CCO1. The number of rotatable bonds is 3. The Balaban J connectivity index is 1.90. The van der Waals surface area contributed by atoms with Crippen molar-refractivity contribution in [3.05, 3.63) is 35.9 Å². The van der Waals surface area contributed by atoms with Crippen LogP contribution in [0.1, 0.15) is 12.5 Å². The van der Waals surface area contributed by atoms with Crippen LogP contribution in [0, 0.1) is 0 Å². The third-order valence-electron chi connectivity index (χ3n) is 3.01. The summed E-state index contributed by atoms with van der Waals surface area (Å²) in [6, 6.07) is 10.6. The second-order valence-corrected chi connectivity index (χ2v) is 4.49. The fourth-order valence-electron chi connectivity index (χ4n) is 2.03. The van der Waals surface area contributed by atoms with E-state index in [4.69, 9.17) is 10.5 Å². The first-order valence-electron chi connectivity index (χ1n) is 5.89. The molecule has 1 fully saturated rings. The average Bonchev–Trinajstić information content (AvgIpc) is 2.30. The lowest BCUT2D eigenvalue weighted by Crippen LogP contribution is -2.49. The van der Waals surface area contributed by atoms with Crippen LogP contribution in [-0.2, 0) is 11.3 Å². The van der Waals surface area contributed by atoms with Crippen LogP contribution in [-0.4, -0.2) is 36.7 Å². The van der Waals surface area contributed by atoms with Gasteiger partial charge < -0.3 is 10.5 Å². The number of benzene rings is 1. The van der Waals surface area contributed by atoms with E-state index >= 15 is 0 Å². The Morgan fingerprint density at radius 1 is 1.44 bits per heavy atom. The highest BCUT2D eigenvalue weighted by Crippen LogP contribution is 2.11. The van der Waals surface area contributed by atoms with Gasteiger partial charge in [0.15, 0.2) is 0 Å². The lowest BCUT2D eigenvalue weighted by atomic mass is 10.1. The number of ether oxygens (including phenoxy) is 1. The van der Waals surface area contributed by atoms with Crippen molar-refractivity contribution < 1.29 is 4.74 Å². The maximum atomic E-state index is 5.87. The summed E-state index contributed by atoms with van der Waals surface area (Å²) in [6.45, 7) is 5.73. The molecule has 1 aliphatic rings. The van der Waals surface area contributed by atoms with Crippen LogP contribution in [0.3, 0.4) is 0 Å². The fraction of sp³-hybridized carbons (Fsp3) is 0.538. The molecule has 0 amide bonds. The number of morpholine rings is 1. The summed E-state index contributed by atoms with van der Waals surface area (Å²) in [5.41, 5.74) is 7.23. The van der Waals surface area contributed by atoms with Crippen LogP contribution in [0.25, 0.3) is 0 Å². The predicted octanol–water partition coefficient (Wildman–Crippen LogP) is 1.23. The van der Waals surface area contributed by atoms with Gasteiger partial charge in [-0.05, 0) is 12.5 Å². The zero-order valence-electron chi connectivity index (χ0n) is 9.80. The summed E-state index contributed by atoms with van der Waals surface area (Å²) in [4.78, 5) is 2.41. The van der Waals surface area contributed by atoms with Gasteiger partial charge in [-0.1, -0.05) is 30.3 Å². The highest BCUT2D eigenvalue weighted by molar-refractivity contribution is 5.14. The lowest BCUT2D eigenvalue weighted by molar-refractivity contribution is -0.0403. The molecule has 88 valence electrons. The molecule has 1 aromatic carbocycles. The molecule has 0 spiro atoms. The van der Waals surface area contributed by atoms with Gasteiger partial charge in [0.05, 0.1) is 12.7 Å². The highest BCUT2D eigenvalue weighted by Gasteiger charge is 2.23. The van der Waals surface area contributed by atoms with Crippen molar-refractivity contribution in [2.24, 2.45) is 5.73 Å². The molecular formula is C13H20N2O. The minimum atomic E-state index is 0.110. The normalized spacial score (nSPS) is 24.2. The third kappa shape index (κ3) is 3.04. The van der Waals surface area contributed by atoms with E-state index in [9.17, 15) is 0 Å². The molecule has 1 aliphatic heterocycles. The van der Waals surface area contributed by atoms with Crippen molar-refractivity contribution in [3.63, 3.8) is 0 Å². The smallest absolute Gasteiger partial charge is 0.0850 e. The van der Waals surface area contributed by atoms with E-state index in [1.54, 1.807) is 0 Å². The number of hydrogen-bond acceptors (Lipinski definition) is 3. The summed E-state index contributed by atoms with van der Waals surface area (Å²) in [5, 5.41) is 0. The fourth-order valence-corrected chi connectivity index (χ4v) is 2.03. The predicted molar refractivity (Wildman–Crippen MR) is 65.1 cm³/mol. The highest BCUT2D eigenvalue weighted by atomic mass is 16.5. The van der Waals surface area contributed by atoms with E-state index in [2.05, 4.69) is 29.2 Å². The van der Waals surface area contributed by atoms with Crippen LogP contribution in [0.2, 0.25) is 0 Å². The Morgan fingerprint density at radius 3 is 2.88 bits per heavy atom. The van der Waals surface area contributed by atoms with E-state index in [0.29, 0.717) is 0 Å². The third-order valence-corrected chi connectivity index (χ3v) is 3.01. The molecule has 3 nitrogen and oxygen atoms in total. The first kappa shape index (κ1) is 11.6. The van der Waals surface area contributed by atoms with E-state index in [1.165, 1.54) is 5.56 Å². The molecule has 2 atom stereocenters. The Bertz CT molecular complexity index is 313. The molecule has 1 saturated heterocycles. The van der Waals surface area contributed by atoms with Gasteiger partial charge in [-0.15, -0.1) is 0 Å². The van der Waals surface area contributed by atoms with Gasteiger partial charge in [0.2, 0.25) is 0 Å². The van der Waals surface area contributed by atoms with Gasteiger partial charge in [-0.3, -0.25) is 4.90 Å². The van der Waals surface area contributed by atoms with Gasteiger partial charge in [0.25, 0.3) is 0 Å². The van der Waals surface area contributed by atoms with Crippen molar-refractivity contribution >= 4 is 0 Å². The molecule has 0 aromatic heterocycles. The maximum Gasteiger partial charge on any atom is 0.0850 e. The standard InChI is InChI=1S/C13H20N2O/c1-11(14)13-10-15(7-8-16-13)9-12-5-3-2-4-6-12/h2-6,11,13H,7-10,14H2,1H3/t11-,13-/m1/s1. The first-order valence-corrected chi connectivity index (χ1v) is 5.89. The summed E-state index contributed by atoms with van der Waals surface area (Å²) < 4.78 is 5.64. The summed E-state index contributed by atoms with van der Waals surface area (Å²) in [7, 11) is 0. The summed E-state index contributed by atoms with van der Waals surface area (Å²) in [6.07, 6.45) is 0.178. The minimum Gasteiger partial charge on any atom is -0.374 e. The van der Waals surface area contributed by atoms with Crippen molar-refractivity contribution in [1.82, 2.24) is 4.90 Å². The van der Waals surface area contributed by atoms with Gasteiger partial charge >= 0.3 is 0 Å². The second-order valence-electron chi connectivity index (χ2n) is 4.49. The number of hydrogen-bond donors (Lipinski definition) is 1. The molecule has 3 heteroatoms. The average molecular weight is 220 g/mol. The molecule has 0 unspecified atom stereocenters. The van der Waals surface area contributed by atoms with Crippen molar-refractivity contribution in [2.75, 3.05) is 19.7 Å². The van der Waals surface area contributed by atoms with Crippen molar-refractivity contribution in [1.29, 1.82) is 0 Å². The second kappa shape index (κ2) is 5.43. The van der Waals surface area contributed by atoms with Crippen LogP contribution in [0.5, 0.6) is 0 Å². The molecule has 0 saturated carbocycles. The molecular weight excluding hydrogens is 200 g/mol. The quantitative estimate of drug-likeness (QED) is 0.833. The van der Waals surface area contributed by atoms with E-state index in [1.807, 2.05) is 13.0 Å². The van der Waals surface area contributed by atoms with Crippen LogP contribution < -0.4 is 5.73 Å². The number of nitrogens with two attached hydrogens (primary N) is 1. The Labute approximate surface area is 97.2 Å². The Hall–Kier alpha value is -0.900. The van der Waals surface area contributed by atoms with E-state index < -0.39 is 0 Å². The first-order chi connectivity index (χ1) is 7.75. The zero-order chi connectivity index (χ0) is 11.4. The minimum absolute atomic E-state index is 0.110. The van der Waals surface area contributed by atoms with Crippen molar-refractivity contribution in [2.45, 2.75) is 25.6 Å². The Kier molecular flexibility index (Phi) is 3.93. The number of nitrogens with zero attached hydrogens (tertiary/aromatic N) is 1. The molecule has 2 N–H and O–H groups in total. The molecule has 2 rings (SSSR count).